The molecule has 24 heavy (non-hydrogen) atoms. The van der Waals surface area contributed by atoms with Crippen LogP contribution in [0.25, 0.3) is 0 Å². The molecule has 0 unspecified atom stereocenters. The van der Waals surface area contributed by atoms with Gasteiger partial charge in [-0.2, -0.15) is 0 Å². The van der Waals surface area contributed by atoms with Gasteiger partial charge in [0.05, 0.1) is 0 Å². The molecule has 0 aromatic heterocycles. The number of Topliss-reactive ketones (excluding diaryl/α,β-unsaturated/α-hetero) is 1. The van der Waals surface area contributed by atoms with Crippen molar-refractivity contribution in [1.82, 2.24) is 0 Å². The van der Waals surface area contributed by atoms with Crippen LogP contribution < -0.4 is 0 Å². The highest BCUT2D eigenvalue weighted by atomic mass is 16.6. The zero-order chi connectivity index (χ0) is 17.7. The molecule has 0 bridgehead atoms. The lowest BCUT2D eigenvalue weighted by molar-refractivity contribution is -0.146. The molecule has 0 aromatic rings. The lowest BCUT2D eigenvalue weighted by Gasteiger charge is -2.23. The topological polar surface area (TPSA) is 82.2 Å². The zero-order valence-electron chi connectivity index (χ0n) is 14.1. The summed E-state index contributed by atoms with van der Waals surface area (Å²) in [5.74, 6) is -1.16. The standard InChI is InChI=1S/C18H22O6/c1-4-5-6-7-8-9-13-14(10-22-11(2)19)15(21)17-18(24-17)16(13)23-12(3)20/h6-9,16-18H,4-5,10H2,1-3H3/b7-6+,9-8-/t16-,17-,18+/m1/s1. The molecule has 0 saturated carbocycles. The van der Waals surface area contributed by atoms with Gasteiger partial charge in [-0.1, -0.05) is 37.6 Å². The second-order valence-electron chi connectivity index (χ2n) is 5.71. The fourth-order valence-electron chi connectivity index (χ4n) is 2.56. The minimum absolute atomic E-state index is 0.156. The molecule has 1 heterocycles. The number of ether oxygens (including phenoxy) is 3. The molecule has 130 valence electrons. The van der Waals surface area contributed by atoms with Crippen LogP contribution in [0, 0.1) is 0 Å². The normalized spacial score (nSPS) is 26.0. The third-order valence-electron chi connectivity index (χ3n) is 3.73. The summed E-state index contributed by atoms with van der Waals surface area (Å²) in [4.78, 5) is 34.9. The molecule has 0 aromatic carbocycles. The van der Waals surface area contributed by atoms with Crippen LogP contribution in [-0.2, 0) is 28.6 Å². The van der Waals surface area contributed by atoms with Crippen LogP contribution in [0.1, 0.15) is 33.6 Å². The number of rotatable bonds is 7. The Morgan fingerprint density at radius 1 is 1.21 bits per heavy atom. The molecule has 0 N–H and O–H groups in total. The van der Waals surface area contributed by atoms with Gasteiger partial charge in [-0.05, 0) is 6.42 Å². The first-order chi connectivity index (χ1) is 11.5. The van der Waals surface area contributed by atoms with E-state index in [1.807, 2.05) is 12.2 Å². The highest BCUT2D eigenvalue weighted by Crippen LogP contribution is 2.40. The van der Waals surface area contributed by atoms with Gasteiger partial charge in [0.15, 0.2) is 18.0 Å². The average molecular weight is 334 g/mol. The Morgan fingerprint density at radius 3 is 2.58 bits per heavy atom. The van der Waals surface area contributed by atoms with Gasteiger partial charge in [-0.15, -0.1) is 0 Å². The Kier molecular flexibility index (Phi) is 6.09. The van der Waals surface area contributed by atoms with Gasteiger partial charge >= 0.3 is 11.9 Å². The SMILES string of the molecule is CCC/C=C/C=C\C1=C(COC(C)=O)C(=O)[C@H]2O[C@H]2[C@@H]1OC(C)=O. The molecule has 3 atom stereocenters. The molecule has 6 nitrogen and oxygen atoms in total. The zero-order valence-corrected chi connectivity index (χ0v) is 14.1. The number of unbranched alkanes of at least 4 members (excludes halogenated alkanes) is 1. The summed E-state index contributed by atoms with van der Waals surface area (Å²) >= 11 is 0. The second-order valence-corrected chi connectivity index (χ2v) is 5.71. The van der Waals surface area contributed by atoms with Gasteiger partial charge in [0, 0.05) is 25.0 Å². The van der Waals surface area contributed by atoms with E-state index >= 15 is 0 Å². The third-order valence-corrected chi connectivity index (χ3v) is 3.73. The minimum Gasteiger partial charge on any atom is -0.461 e. The number of carbonyl (C=O) groups excluding carboxylic acids is 3. The van der Waals surface area contributed by atoms with Crippen molar-refractivity contribution in [3.63, 3.8) is 0 Å². The van der Waals surface area contributed by atoms with E-state index in [1.165, 1.54) is 13.8 Å². The summed E-state index contributed by atoms with van der Waals surface area (Å²) in [6.07, 6.45) is 7.63. The van der Waals surface area contributed by atoms with Crippen molar-refractivity contribution in [2.45, 2.75) is 51.9 Å². The molecule has 1 aliphatic heterocycles. The van der Waals surface area contributed by atoms with E-state index < -0.39 is 30.3 Å². The Bertz CT molecular complexity index is 613. The highest BCUT2D eigenvalue weighted by Gasteiger charge is 2.57. The van der Waals surface area contributed by atoms with Gasteiger partial charge in [0.2, 0.25) is 0 Å². The molecule has 1 fully saturated rings. The van der Waals surface area contributed by atoms with E-state index in [4.69, 9.17) is 14.2 Å². The molecular formula is C18H22O6. The van der Waals surface area contributed by atoms with Gasteiger partial charge in [0.1, 0.15) is 12.7 Å². The van der Waals surface area contributed by atoms with Crippen molar-refractivity contribution < 1.29 is 28.6 Å². The smallest absolute Gasteiger partial charge is 0.303 e. The summed E-state index contributed by atoms with van der Waals surface area (Å²) in [5.41, 5.74) is 0.840. The monoisotopic (exact) mass is 334 g/mol. The maximum atomic E-state index is 12.4. The number of hydrogen-bond donors (Lipinski definition) is 0. The fourth-order valence-corrected chi connectivity index (χ4v) is 2.56. The number of hydrogen-bond acceptors (Lipinski definition) is 6. The van der Waals surface area contributed by atoms with Gasteiger partial charge in [0.25, 0.3) is 0 Å². The van der Waals surface area contributed by atoms with Crippen LogP contribution in [-0.4, -0.2) is 42.6 Å². The van der Waals surface area contributed by atoms with E-state index in [9.17, 15) is 14.4 Å². The summed E-state index contributed by atoms with van der Waals surface area (Å²) in [5, 5.41) is 0. The number of carbonyl (C=O) groups is 3. The third kappa shape index (κ3) is 4.41. The van der Waals surface area contributed by atoms with Crippen LogP contribution in [0.2, 0.25) is 0 Å². The summed E-state index contributed by atoms with van der Waals surface area (Å²) < 4.78 is 15.7. The van der Waals surface area contributed by atoms with Crippen LogP contribution in [0.3, 0.4) is 0 Å². The molecule has 0 radical (unpaired) electrons. The van der Waals surface area contributed by atoms with Crippen LogP contribution in [0.4, 0.5) is 0 Å². The molecule has 1 aliphatic carbocycles. The van der Waals surface area contributed by atoms with Gasteiger partial charge in [-0.3, -0.25) is 14.4 Å². The van der Waals surface area contributed by atoms with Crippen LogP contribution >= 0.6 is 0 Å². The Morgan fingerprint density at radius 2 is 1.96 bits per heavy atom. The highest BCUT2D eigenvalue weighted by molar-refractivity contribution is 6.04. The van der Waals surface area contributed by atoms with E-state index in [-0.39, 0.29) is 12.4 Å². The van der Waals surface area contributed by atoms with Crippen molar-refractivity contribution in [3.8, 4) is 0 Å². The summed E-state index contributed by atoms with van der Waals surface area (Å²) in [6, 6.07) is 0. The minimum atomic E-state index is -0.661. The maximum Gasteiger partial charge on any atom is 0.303 e. The summed E-state index contributed by atoms with van der Waals surface area (Å²) in [7, 11) is 0. The largest absolute Gasteiger partial charge is 0.461 e. The van der Waals surface area contributed by atoms with Gasteiger partial charge < -0.3 is 14.2 Å². The molecule has 6 heteroatoms. The van der Waals surface area contributed by atoms with E-state index in [1.54, 1.807) is 12.2 Å². The van der Waals surface area contributed by atoms with Crippen molar-refractivity contribution in [3.05, 3.63) is 35.5 Å². The fraction of sp³-hybridized carbons (Fsp3) is 0.500. The first kappa shape index (κ1) is 18.1. The lowest BCUT2D eigenvalue weighted by Crippen LogP contribution is -2.35. The average Bonchev–Trinajstić information content (AvgIpc) is 3.30. The van der Waals surface area contributed by atoms with E-state index in [2.05, 4.69) is 6.92 Å². The van der Waals surface area contributed by atoms with Crippen molar-refractivity contribution >= 4 is 17.7 Å². The predicted octanol–water partition coefficient (Wildman–Crippen LogP) is 2.04. The molecule has 2 aliphatic rings. The molecule has 0 spiro atoms. The lowest BCUT2D eigenvalue weighted by atomic mass is 9.88. The number of allylic oxidation sites excluding steroid dienone is 3. The van der Waals surface area contributed by atoms with Crippen LogP contribution in [0.5, 0.6) is 0 Å². The van der Waals surface area contributed by atoms with Crippen molar-refractivity contribution in [2.75, 3.05) is 6.61 Å². The first-order valence-corrected chi connectivity index (χ1v) is 8.02. The number of ketones is 1. The van der Waals surface area contributed by atoms with E-state index in [0.717, 1.165) is 12.8 Å². The van der Waals surface area contributed by atoms with Crippen molar-refractivity contribution in [1.29, 1.82) is 0 Å². The number of epoxide rings is 1. The second kappa shape index (κ2) is 8.06. The Balaban J connectivity index is 2.29. The first-order valence-electron chi connectivity index (χ1n) is 8.02. The summed E-state index contributed by atoms with van der Waals surface area (Å²) in [6.45, 7) is 4.50. The molecule has 0 amide bonds. The molecule has 1 saturated heterocycles. The van der Waals surface area contributed by atoms with Crippen molar-refractivity contribution in [2.24, 2.45) is 0 Å². The predicted molar refractivity (Wildman–Crippen MR) is 86.1 cm³/mol. The van der Waals surface area contributed by atoms with E-state index in [0.29, 0.717) is 11.1 Å². The molecular weight excluding hydrogens is 312 g/mol. The number of esters is 2. The Hall–Kier alpha value is -2.21. The van der Waals surface area contributed by atoms with Gasteiger partial charge in [-0.25, -0.2) is 0 Å². The quantitative estimate of drug-likeness (QED) is 0.402. The molecule has 2 rings (SSSR count). The van der Waals surface area contributed by atoms with Crippen LogP contribution in [0.15, 0.2) is 35.5 Å². The Labute approximate surface area is 141 Å². The number of fused-ring (bicyclic) bond motifs is 1. The maximum absolute atomic E-state index is 12.4.